The monoisotopic (exact) mass is 573 g/mol. The number of nitrogens with zero attached hydrogens (tertiary/aromatic N) is 3. The number of aromatic nitrogens is 2. The molecule has 4 nitrogen and oxygen atoms in total. The quantitative estimate of drug-likeness (QED) is 0.248. The van der Waals surface area contributed by atoms with Crippen molar-refractivity contribution in [3.63, 3.8) is 0 Å². The minimum atomic E-state index is -4.62. The Morgan fingerprint density at radius 2 is 1.69 bits per heavy atom. The fraction of sp³-hybridized carbons (Fsp3) is 0.185. The fourth-order valence-electron chi connectivity index (χ4n) is 4.56. The molecule has 1 fully saturated rings. The van der Waals surface area contributed by atoms with Gasteiger partial charge in [0.15, 0.2) is 5.69 Å². The minimum absolute atomic E-state index is 0.0382. The molecule has 1 saturated heterocycles. The van der Waals surface area contributed by atoms with E-state index in [1.165, 1.54) is 4.68 Å². The normalized spacial score (nSPS) is 15.9. The SMILES string of the molecule is O=C(c1ccc(-c2cc(C(F)(F)F)nn2-c2ccccc2Cl)cc1)N1CCCC1c1ccccc1Br. The van der Waals surface area contributed by atoms with Gasteiger partial charge in [-0.1, -0.05) is 70.0 Å². The molecule has 1 aromatic heterocycles. The number of halogens is 5. The van der Waals surface area contributed by atoms with Crippen molar-refractivity contribution in [2.45, 2.75) is 25.1 Å². The van der Waals surface area contributed by atoms with Gasteiger partial charge in [0.25, 0.3) is 5.91 Å². The summed E-state index contributed by atoms with van der Waals surface area (Å²) in [5.41, 5.74) is 1.55. The number of hydrogen-bond donors (Lipinski definition) is 0. The highest BCUT2D eigenvalue weighted by molar-refractivity contribution is 9.10. The number of hydrogen-bond acceptors (Lipinski definition) is 2. The second-order valence-corrected chi connectivity index (χ2v) is 9.79. The van der Waals surface area contributed by atoms with Crippen molar-refractivity contribution >= 4 is 33.4 Å². The van der Waals surface area contributed by atoms with Gasteiger partial charge in [-0.15, -0.1) is 0 Å². The smallest absolute Gasteiger partial charge is 0.332 e. The molecule has 1 atom stereocenters. The Hall–Kier alpha value is -3.10. The van der Waals surface area contributed by atoms with Crippen LogP contribution in [-0.4, -0.2) is 27.1 Å². The van der Waals surface area contributed by atoms with Crippen LogP contribution >= 0.6 is 27.5 Å². The predicted molar refractivity (Wildman–Crippen MR) is 136 cm³/mol. The summed E-state index contributed by atoms with van der Waals surface area (Å²) in [6.07, 6.45) is -2.86. The number of rotatable bonds is 4. The maximum atomic E-state index is 13.5. The minimum Gasteiger partial charge on any atom is -0.332 e. The topological polar surface area (TPSA) is 38.1 Å². The fourth-order valence-corrected chi connectivity index (χ4v) is 5.33. The van der Waals surface area contributed by atoms with Crippen molar-refractivity contribution < 1.29 is 18.0 Å². The van der Waals surface area contributed by atoms with Gasteiger partial charge in [-0.05, 0) is 54.8 Å². The van der Waals surface area contributed by atoms with Crippen LogP contribution in [0.5, 0.6) is 0 Å². The van der Waals surface area contributed by atoms with E-state index in [2.05, 4.69) is 21.0 Å². The summed E-state index contributed by atoms with van der Waals surface area (Å²) in [4.78, 5) is 15.2. The first-order chi connectivity index (χ1) is 17.2. The third-order valence-corrected chi connectivity index (χ3v) is 7.33. The van der Waals surface area contributed by atoms with Gasteiger partial charge in [0.05, 0.1) is 22.4 Å². The van der Waals surface area contributed by atoms with Crippen molar-refractivity contribution in [2.24, 2.45) is 0 Å². The zero-order chi connectivity index (χ0) is 25.4. The second kappa shape index (κ2) is 9.75. The van der Waals surface area contributed by atoms with Gasteiger partial charge < -0.3 is 4.90 Å². The van der Waals surface area contributed by atoms with Crippen LogP contribution in [-0.2, 0) is 6.18 Å². The Morgan fingerprint density at radius 3 is 2.39 bits per heavy atom. The molecule has 9 heteroatoms. The lowest BCUT2D eigenvalue weighted by Crippen LogP contribution is -2.30. The van der Waals surface area contributed by atoms with Crippen molar-refractivity contribution in [1.82, 2.24) is 14.7 Å². The second-order valence-electron chi connectivity index (χ2n) is 8.53. The summed E-state index contributed by atoms with van der Waals surface area (Å²) in [6, 6.07) is 21.9. The molecular formula is C27H20BrClF3N3O. The molecule has 1 aliphatic heterocycles. The molecule has 0 spiro atoms. The van der Waals surface area contributed by atoms with E-state index in [-0.39, 0.29) is 22.7 Å². The number of amides is 1. The zero-order valence-electron chi connectivity index (χ0n) is 18.8. The van der Waals surface area contributed by atoms with E-state index in [0.29, 0.717) is 23.4 Å². The molecular weight excluding hydrogens is 555 g/mol. The largest absolute Gasteiger partial charge is 0.435 e. The standard InChI is InChI=1S/C27H20BrClF3N3O/c28-20-7-2-1-6-19(20)22-10-5-15-34(22)26(36)18-13-11-17(12-14-18)24-16-25(27(30,31)32)33-35(24)23-9-4-3-8-21(23)29/h1-4,6-9,11-14,16,22H,5,10,15H2. The Morgan fingerprint density at radius 1 is 1.00 bits per heavy atom. The Labute approximate surface area is 219 Å². The lowest BCUT2D eigenvalue weighted by atomic mass is 10.0. The van der Waals surface area contributed by atoms with Crippen LogP contribution in [0.4, 0.5) is 13.2 Å². The highest BCUT2D eigenvalue weighted by Gasteiger charge is 2.36. The Kier molecular flexibility index (Phi) is 6.66. The van der Waals surface area contributed by atoms with Gasteiger partial charge in [0.2, 0.25) is 0 Å². The van der Waals surface area contributed by atoms with Crippen molar-refractivity contribution in [1.29, 1.82) is 0 Å². The molecule has 0 aliphatic carbocycles. The van der Waals surface area contributed by atoms with Gasteiger partial charge >= 0.3 is 6.18 Å². The van der Waals surface area contributed by atoms with Crippen LogP contribution in [0.3, 0.4) is 0 Å². The highest BCUT2D eigenvalue weighted by atomic mass is 79.9. The summed E-state index contributed by atoms with van der Waals surface area (Å²) in [6.45, 7) is 0.640. The van der Waals surface area contributed by atoms with Gasteiger partial charge in [-0.25, -0.2) is 4.68 Å². The van der Waals surface area contributed by atoms with Gasteiger partial charge in [-0.2, -0.15) is 18.3 Å². The highest BCUT2D eigenvalue weighted by Crippen LogP contribution is 2.38. The summed E-state index contributed by atoms with van der Waals surface area (Å²) in [7, 11) is 0. The number of alkyl halides is 3. The number of likely N-dealkylation sites (tertiary alicyclic amines) is 1. The summed E-state index contributed by atoms with van der Waals surface area (Å²) in [5.74, 6) is -0.115. The maximum Gasteiger partial charge on any atom is 0.435 e. The number of carbonyl (C=O) groups excluding carboxylic acids is 1. The molecule has 0 saturated carbocycles. The molecule has 1 amide bonds. The lowest BCUT2D eigenvalue weighted by molar-refractivity contribution is -0.141. The third kappa shape index (κ3) is 4.67. The van der Waals surface area contributed by atoms with Crippen molar-refractivity contribution in [3.8, 4) is 16.9 Å². The molecule has 36 heavy (non-hydrogen) atoms. The van der Waals surface area contributed by atoms with E-state index in [1.807, 2.05) is 29.2 Å². The van der Waals surface area contributed by atoms with E-state index < -0.39 is 11.9 Å². The molecule has 0 bridgehead atoms. The molecule has 0 radical (unpaired) electrons. The van der Waals surface area contributed by atoms with Gasteiger partial charge in [0.1, 0.15) is 0 Å². The lowest BCUT2D eigenvalue weighted by Gasteiger charge is -2.26. The summed E-state index contributed by atoms with van der Waals surface area (Å²) in [5, 5.41) is 4.06. The first kappa shape index (κ1) is 24.6. The summed E-state index contributed by atoms with van der Waals surface area (Å²) >= 11 is 9.85. The molecule has 4 aromatic rings. The first-order valence-electron chi connectivity index (χ1n) is 11.3. The van der Waals surface area contributed by atoms with E-state index >= 15 is 0 Å². The molecule has 184 valence electrons. The van der Waals surface area contributed by atoms with Crippen molar-refractivity contribution in [2.75, 3.05) is 6.54 Å². The predicted octanol–water partition coefficient (Wildman–Crippen LogP) is 7.95. The van der Waals surface area contributed by atoms with E-state index in [0.717, 1.165) is 28.9 Å². The number of benzene rings is 3. The molecule has 2 heterocycles. The van der Waals surface area contributed by atoms with E-state index in [4.69, 9.17) is 11.6 Å². The van der Waals surface area contributed by atoms with Crippen LogP contribution in [0.2, 0.25) is 5.02 Å². The number of para-hydroxylation sites is 1. The Bertz CT molecular complexity index is 1420. The average molecular weight is 575 g/mol. The maximum absolute atomic E-state index is 13.5. The van der Waals surface area contributed by atoms with Crippen LogP contribution in [0.25, 0.3) is 16.9 Å². The third-order valence-electron chi connectivity index (χ3n) is 6.29. The van der Waals surface area contributed by atoms with Crippen LogP contribution < -0.4 is 0 Å². The Balaban J connectivity index is 1.48. The van der Waals surface area contributed by atoms with Crippen LogP contribution in [0.1, 0.15) is 40.5 Å². The molecule has 1 unspecified atom stereocenters. The number of carbonyl (C=O) groups is 1. The first-order valence-corrected chi connectivity index (χ1v) is 12.5. The van der Waals surface area contributed by atoms with Crippen molar-refractivity contribution in [3.05, 3.63) is 105 Å². The molecule has 1 aliphatic rings. The average Bonchev–Trinajstić information content (AvgIpc) is 3.52. The van der Waals surface area contributed by atoms with Gasteiger partial charge in [0, 0.05) is 22.1 Å². The summed E-state index contributed by atoms with van der Waals surface area (Å²) < 4.78 is 42.6. The van der Waals surface area contributed by atoms with Crippen LogP contribution in [0, 0.1) is 0 Å². The van der Waals surface area contributed by atoms with E-state index in [1.54, 1.807) is 48.5 Å². The molecule has 0 N–H and O–H groups in total. The zero-order valence-corrected chi connectivity index (χ0v) is 21.2. The van der Waals surface area contributed by atoms with Gasteiger partial charge in [-0.3, -0.25) is 4.79 Å². The van der Waals surface area contributed by atoms with Crippen LogP contribution in [0.15, 0.2) is 83.3 Å². The molecule has 3 aromatic carbocycles. The van der Waals surface area contributed by atoms with E-state index in [9.17, 15) is 18.0 Å². The molecule has 5 rings (SSSR count).